The van der Waals surface area contributed by atoms with Crippen LogP contribution >= 0.6 is 11.3 Å². The number of carbonyl (C=O) groups excluding carboxylic acids is 2. The van der Waals surface area contributed by atoms with Gasteiger partial charge in [0, 0.05) is 29.0 Å². The molecule has 3 rings (SSSR count). The van der Waals surface area contributed by atoms with Gasteiger partial charge in [0.1, 0.15) is 5.01 Å². The number of carbonyl (C=O) groups is 2. The smallest absolute Gasteiger partial charge is 0.312 e. The molecule has 2 aromatic heterocycles. The molecule has 156 valence electrons. The molecule has 0 fully saturated rings. The molecule has 6 nitrogen and oxygen atoms in total. The zero-order valence-corrected chi connectivity index (χ0v) is 18.3. The summed E-state index contributed by atoms with van der Waals surface area (Å²) in [5.74, 6) is -0.583. The van der Waals surface area contributed by atoms with Crippen molar-refractivity contribution in [3.05, 3.63) is 64.9 Å². The number of pyridine rings is 1. The zero-order chi connectivity index (χ0) is 21.7. The number of benzene rings is 1. The molecule has 0 bridgehead atoms. The van der Waals surface area contributed by atoms with Crippen LogP contribution in [0.2, 0.25) is 0 Å². The molecule has 0 aliphatic rings. The van der Waals surface area contributed by atoms with Gasteiger partial charge in [-0.25, -0.2) is 4.98 Å². The summed E-state index contributed by atoms with van der Waals surface area (Å²) >= 11 is 1.44. The first-order valence-corrected chi connectivity index (χ1v) is 10.7. The standard InChI is InChI=1S/C23H25N3O3S/c1-14(2)19-9-5-7-15(3)21(19)26-22(28)16(4)29-20(27)11-18-13-30-23(25-18)17-8-6-10-24-12-17/h5-10,12-14,16H,11H2,1-4H3,(H,26,28)/t16-/m0/s1. The van der Waals surface area contributed by atoms with E-state index in [0.29, 0.717) is 5.69 Å². The lowest BCUT2D eigenvalue weighted by molar-refractivity contribution is -0.152. The molecule has 1 N–H and O–H groups in total. The first kappa shape index (κ1) is 21.6. The van der Waals surface area contributed by atoms with Gasteiger partial charge in [-0.2, -0.15) is 0 Å². The van der Waals surface area contributed by atoms with Crippen molar-refractivity contribution in [2.45, 2.75) is 46.1 Å². The van der Waals surface area contributed by atoms with Crippen LogP contribution < -0.4 is 5.32 Å². The van der Waals surface area contributed by atoms with Gasteiger partial charge in [-0.15, -0.1) is 11.3 Å². The fourth-order valence-corrected chi connectivity index (χ4v) is 3.83. The van der Waals surface area contributed by atoms with Gasteiger partial charge in [0.15, 0.2) is 6.10 Å². The topological polar surface area (TPSA) is 81.2 Å². The molecule has 2 heterocycles. The first-order chi connectivity index (χ1) is 14.3. The third-order valence-corrected chi connectivity index (χ3v) is 5.58. The van der Waals surface area contributed by atoms with E-state index in [4.69, 9.17) is 4.74 Å². The minimum absolute atomic E-state index is 0.00991. The number of hydrogen-bond acceptors (Lipinski definition) is 6. The van der Waals surface area contributed by atoms with E-state index in [1.54, 1.807) is 19.3 Å². The lowest BCUT2D eigenvalue weighted by atomic mass is 9.98. The van der Waals surface area contributed by atoms with Crippen LogP contribution in [0, 0.1) is 6.92 Å². The van der Waals surface area contributed by atoms with Crippen molar-refractivity contribution >= 4 is 28.9 Å². The van der Waals surface area contributed by atoms with Crippen LogP contribution in [0.1, 0.15) is 43.5 Å². The molecule has 7 heteroatoms. The number of esters is 1. The Morgan fingerprint density at radius 3 is 2.67 bits per heavy atom. The predicted octanol–water partition coefficient (Wildman–Crippen LogP) is 4.75. The van der Waals surface area contributed by atoms with Crippen LogP contribution in [0.4, 0.5) is 5.69 Å². The fourth-order valence-electron chi connectivity index (χ4n) is 3.02. The zero-order valence-electron chi connectivity index (χ0n) is 17.5. The highest BCUT2D eigenvalue weighted by Crippen LogP contribution is 2.27. The molecule has 0 radical (unpaired) electrons. The second kappa shape index (κ2) is 9.63. The van der Waals surface area contributed by atoms with Crippen molar-refractivity contribution in [3.8, 4) is 10.6 Å². The van der Waals surface area contributed by atoms with Crippen LogP contribution in [-0.4, -0.2) is 27.9 Å². The van der Waals surface area contributed by atoms with E-state index in [-0.39, 0.29) is 18.2 Å². The maximum atomic E-state index is 12.6. The Kier molecular flexibility index (Phi) is 6.95. The number of anilines is 1. The summed E-state index contributed by atoms with van der Waals surface area (Å²) in [6, 6.07) is 9.66. The van der Waals surface area contributed by atoms with Gasteiger partial charge < -0.3 is 10.1 Å². The maximum absolute atomic E-state index is 12.6. The Bertz CT molecular complexity index is 1030. The summed E-state index contributed by atoms with van der Waals surface area (Å²) in [5, 5.41) is 5.52. The Morgan fingerprint density at radius 2 is 1.97 bits per heavy atom. The average Bonchev–Trinajstić information content (AvgIpc) is 3.18. The summed E-state index contributed by atoms with van der Waals surface area (Å²) in [5.41, 5.74) is 4.30. The summed E-state index contributed by atoms with van der Waals surface area (Å²) in [4.78, 5) is 33.5. The fraction of sp³-hybridized carbons (Fsp3) is 0.304. The van der Waals surface area contributed by atoms with Gasteiger partial charge in [-0.3, -0.25) is 14.6 Å². The van der Waals surface area contributed by atoms with Gasteiger partial charge in [0.05, 0.1) is 12.1 Å². The van der Waals surface area contributed by atoms with Crippen molar-refractivity contribution in [3.63, 3.8) is 0 Å². The normalized spacial score (nSPS) is 11.9. The van der Waals surface area contributed by atoms with Gasteiger partial charge in [-0.05, 0) is 43.0 Å². The molecule has 0 saturated carbocycles. The molecule has 30 heavy (non-hydrogen) atoms. The highest BCUT2D eigenvalue weighted by Gasteiger charge is 2.21. The lowest BCUT2D eigenvalue weighted by Crippen LogP contribution is -2.31. The maximum Gasteiger partial charge on any atom is 0.312 e. The van der Waals surface area contributed by atoms with Crippen LogP contribution in [0.5, 0.6) is 0 Å². The van der Waals surface area contributed by atoms with Crippen LogP contribution in [0.25, 0.3) is 10.6 Å². The molecule has 0 unspecified atom stereocenters. The van der Waals surface area contributed by atoms with E-state index in [0.717, 1.165) is 27.4 Å². The minimum atomic E-state index is -0.909. The van der Waals surface area contributed by atoms with Crippen LogP contribution in [0.15, 0.2) is 48.1 Å². The van der Waals surface area contributed by atoms with E-state index in [1.807, 2.05) is 42.6 Å². The highest BCUT2D eigenvalue weighted by atomic mass is 32.1. The number of amides is 1. The Balaban J connectivity index is 1.60. The molecule has 0 saturated heterocycles. The van der Waals surface area contributed by atoms with Crippen molar-refractivity contribution in [1.82, 2.24) is 9.97 Å². The molecule has 0 spiro atoms. The predicted molar refractivity (Wildman–Crippen MR) is 119 cm³/mol. The third kappa shape index (κ3) is 5.30. The number of thiazole rings is 1. The largest absolute Gasteiger partial charge is 0.452 e. The molecule has 3 aromatic rings. The number of hydrogen-bond donors (Lipinski definition) is 1. The molecule has 1 amide bonds. The Labute approximate surface area is 180 Å². The number of aryl methyl sites for hydroxylation is 1. The molecular formula is C23H25N3O3S. The summed E-state index contributed by atoms with van der Waals surface area (Å²) in [6.07, 6.45) is 2.52. The molecule has 1 aromatic carbocycles. The minimum Gasteiger partial charge on any atom is -0.452 e. The third-order valence-electron chi connectivity index (χ3n) is 4.64. The second-order valence-corrected chi connectivity index (χ2v) is 8.24. The summed E-state index contributed by atoms with van der Waals surface area (Å²) in [6.45, 7) is 7.66. The lowest BCUT2D eigenvalue weighted by Gasteiger charge is -2.19. The average molecular weight is 424 g/mol. The number of nitrogens with zero attached hydrogens (tertiary/aromatic N) is 2. The second-order valence-electron chi connectivity index (χ2n) is 7.38. The molecule has 0 aliphatic carbocycles. The highest BCUT2D eigenvalue weighted by molar-refractivity contribution is 7.13. The molecule has 0 aliphatic heterocycles. The van der Waals surface area contributed by atoms with Gasteiger partial charge in [-0.1, -0.05) is 32.0 Å². The first-order valence-electron chi connectivity index (χ1n) is 9.79. The van der Waals surface area contributed by atoms with E-state index in [2.05, 4.69) is 29.1 Å². The van der Waals surface area contributed by atoms with E-state index in [9.17, 15) is 9.59 Å². The molecular weight excluding hydrogens is 398 g/mol. The number of para-hydroxylation sites is 1. The van der Waals surface area contributed by atoms with Crippen molar-refractivity contribution in [2.75, 3.05) is 5.32 Å². The van der Waals surface area contributed by atoms with E-state index >= 15 is 0 Å². The monoisotopic (exact) mass is 423 g/mol. The van der Waals surface area contributed by atoms with Crippen molar-refractivity contribution in [2.24, 2.45) is 0 Å². The number of ether oxygens (including phenoxy) is 1. The van der Waals surface area contributed by atoms with Crippen LogP contribution in [0.3, 0.4) is 0 Å². The van der Waals surface area contributed by atoms with E-state index in [1.165, 1.54) is 11.3 Å². The van der Waals surface area contributed by atoms with Gasteiger partial charge >= 0.3 is 5.97 Å². The van der Waals surface area contributed by atoms with Crippen molar-refractivity contribution in [1.29, 1.82) is 0 Å². The van der Waals surface area contributed by atoms with E-state index < -0.39 is 12.1 Å². The van der Waals surface area contributed by atoms with Crippen LogP contribution in [-0.2, 0) is 20.7 Å². The number of nitrogens with one attached hydrogen (secondary N) is 1. The quantitative estimate of drug-likeness (QED) is 0.555. The number of aromatic nitrogens is 2. The Hall–Kier alpha value is -3.06. The summed E-state index contributed by atoms with van der Waals surface area (Å²) in [7, 11) is 0. The van der Waals surface area contributed by atoms with Crippen molar-refractivity contribution < 1.29 is 14.3 Å². The van der Waals surface area contributed by atoms with Gasteiger partial charge in [0.2, 0.25) is 0 Å². The molecule has 1 atom stereocenters. The SMILES string of the molecule is Cc1cccc(C(C)C)c1NC(=O)[C@H](C)OC(=O)Cc1csc(-c2cccnc2)n1. The summed E-state index contributed by atoms with van der Waals surface area (Å²) < 4.78 is 5.34. The van der Waals surface area contributed by atoms with Gasteiger partial charge in [0.25, 0.3) is 5.91 Å². The Morgan fingerprint density at radius 1 is 1.17 bits per heavy atom. The number of rotatable bonds is 7.